The van der Waals surface area contributed by atoms with E-state index >= 15 is 0 Å². The Labute approximate surface area is 126 Å². The molecule has 1 aromatic carbocycles. The molecule has 2 rings (SSSR count). The Hall–Kier alpha value is -1.26. The summed E-state index contributed by atoms with van der Waals surface area (Å²) in [5.74, 6) is 1.29. The van der Waals surface area contributed by atoms with Gasteiger partial charge in [0.15, 0.2) is 0 Å². The molecular weight excluding hydrogens is 276 g/mol. The zero-order valence-electron chi connectivity index (χ0n) is 12.3. The third-order valence-electron chi connectivity index (χ3n) is 3.49. The maximum Gasteiger partial charge on any atom is 0.243 e. The first kappa shape index (κ1) is 16.8. The molecule has 0 bridgehead atoms. The molecule has 2 N–H and O–H groups in total. The average molecular weight is 299 g/mol. The van der Waals surface area contributed by atoms with Crippen LogP contribution in [0.5, 0.6) is 5.75 Å². The highest BCUT2D eigenvalue weighted by molar-refractivity contribution is 5.98. The zero-order valence-corrected chi connectivity index (χ0v) is 13.1. The average Bonchev–Trinajstić information content (AvgIpc) is 2.79. The number of hydrogen-bond donors (Lipinski definition) is 1. The molecule has 5 heteroatoms. The third-order valence-corrected chi connectivity index (χ3v) is 3.49. The maximum absolute atomic E-state index is 12.4. The molecule has 1 amide bonds. The number of halogens is 1. The van der Waals surface area contributed by atoms with Crippen LogP contribution in [0.25, 0.3) is 0 Å². The Balaban J connectivity index is 0.00000200. The van der Waals surface area contributed by atoms with Gasteiger partial charge in [0.05, 0.1) is 13.2 Å². The van der Waals surface area contributed by atoms with Crippen LogP contribution < -0.4 is 15.4 Å². The van der Waals surface area contributed by atoms with Gasteiger partial charge >= 0.3 is 0 Å². The highest BCUT2D eigenvalue weighted by Crippen LogP contribution is 2.31. The van der Waals surface area contributed by atoms with Gasteiger partial charge in [0.25, 0.3) is 0 Å². The summed E-state index contributed by atoms with van der Waals surface area (Å²) in [6.07, 6.45) is 1.59. The molecule has 0 spiro atoms. The van der Waals surface area contributed by atoms with Gasteiger partial charge in [-0.25, -0.2) is 0 Å². The quantitative estimate of drug-likeness (QED) is 0.928. The van der Waals surface area contributed by atoms with Crippen molar-refractivity contribution in [2.45, 2.75) is 32.7 Å². The molecule has 0 aromatic heterocycles. The second-order valence-electron chi connectivity index (χ2n) is 5.47. The monoisotopic (exact) mass is 298 g/mol. The molecule has 0 aliphatic carbocycles. The van der Waals surface area contributed by atoms with Crippen molar-refractivity contribution in [2.75, 3.05) is 18.6 Å². The number of ether oxygens (including phenoxy) is 1. The summed E-state index contributed by atoms with van der Waals surface area (Å²) in [5.41, 5.74) is 8.13. The van der Waals surface area contributed by atoms with E-state index in [4.69, 9.17) is 10.5 Å². The van der Waals surface area contributed by atoms with E-state index in [9.17, 15) is 4.79 Å². The topological polar surface area (TPSA) is 55.6 Å². The third kappa shape index (κ3) is 3.44. The second kappa shape index (κ2) is 6.95. The molecule has 20 heavy (non-hydrogen) atoms. The van der Waals surface area contributed by atoms with Crippen LogP contribution in [0.2, 0.25) is 0 Å². The minimum atomic E-state index is -0.409. The van der Waals surface area contributed by atoms with Crippen molar-refractivity contribution in [1.29, 1.82) is 0 Å². The van der Waals surface area contributed by atoms with Gasteiger partial charge < -0.3 is 15.4 Å². The summed E-state index contributed by atoms with van der Waals surface area (Å²) in [4.78, 5) is 14.2. The maximum atomic E-state index is 12.4. The molecule has 0 fully saturated rings. The van der Waals surface area contributed by atoms with Crippen molar-refractivity contribution in [3.8, 4) is 5.75 Å². The van der Waals surface area contributed by atoms with Gasteiger partial charge in [0.2, 0.25) is 5.91 Å². The molecule has 0 unspecified atom stereocenters. The fourth-order valence-corrected chi connectivity index (χ4v) is 2.54. The summed E-state index contributed by atoms with van der Waals surface area (Å²) in [7, 11) is 1.65. The second-order valence-corrected chi connectivity index (χ2v) is 5.47. The molecule has 112 valence electrons. The van der Waals surface area contributed by atoms with Crippen LogP contribution in [0.4, 0.5) is 5.69 Å². The molecule has 1 aromatic rings. The molecular formula is C15H23ClN2O2. The van der Waals surface area contributed by atoms with Crippen LogP contribution in [-0.4, -0.2) is 25.6 Å². The molecule has 4 nitrogen and oxygen atoms in total. The van der Waals surface area contributed by atoms with Crippen molar-refractivity contribution in [1.82, 2.24) is 0 Å². The van der Waals surface area contributed by atoms with Crippen molar-refractivity contribution in [3.63, 3.8) is 0 Å². The first-order valence-electron chi connectivity index (χ1n) is 6.76. The van der Waals surface area contributed by atoms with Crippen LogP contribution in [0.1, 0.15) is 25.8 Å². The lowest BCUT2D eigenvalue weighted by Crippen LogP contribution is -2.43. The number of methoxy groups -OCH3 is 1. The number of nitrogens with zero attached hydrogens (tertiary/aromatic N) is 1. The normalized spacial score (nSPS) is 14.8. The van der Waals surface area contributed by atoms with Gasteiger partial charge in [-0.3, -0.25) is 4.79 Å². The van der Waals surface area contributed by atoms with Crippen molar-refractivity contribution < 1.29 is 9.53 Å². The molecule has 0 saturated carbocycles. The highest BCUT2D eigenvalue weighted by atomic mass is 35.5. The standard InChI is InChI=1S/C15H22N2O2.ClH/c1-10(2)8-13(16)15(18)17-7-6-11-9-12(19-3)4-5-14(11)17;/h4-5,9-10,13H,6-8,16H2,1-3H3;1H/t13-;/m0./s1. The molecule has 0 radical (unpaired) electrons. The minimum Gasteiger partial charge on any atom is -0.497 e. The number of rotatable bonds is 4. The summed E-state index contributed by atoms with van der Waals surface area (Å²) in [6, 6.07) is 5.42. The zero-order chi connectivity index (χ0) is 14.0. The van der Waals surface area contributed by atoms with Crippen LogP contribution in [0, 0.1) is 5.92 Å². The number of hydrogen-bond acceptors (Lipinski definition) is 3. The summed E-state index contributed by atoms with van der Waals surface area (Å²) in [6.45, 7) is 4.87. The number of amides is 1. The van der Waals surface area contributed by atoms with Gasteiger partial charge in [-0.05, 0) is 42.5 Å². The Morgan fingerprint density at radius 2 is 2.15 bits per heavy atom. The van der Waals surface area contributed by atoms with Crippen LogP contribution in [0.15, 0.2) is 18.2 Å². The smallest absolute Gasteiger partial charge is 0.243 e. The lowest BCUT2D eigenvalue weighted by Gasteiger charge is -2.22. The number of carbonyl (C=O) groups is 1. The first-order valence-corrected chi connectivity index (χ1v) is 6.76. The van der Waals surface area contributed by atoms with Crippen molar-refractivity contribution in [3.05, 3.63) is 23.8 Å². The van der Waals surface area contributed by atoms with E-state index in [0.717, 1.165) is 29.8 Å². The van der Waals surface area contributed by atoms with Gasteiger partial charge in [-0.15, -0.1) is 12.4 Å². The van der Waals surface area contributed by atoms with Crippen molar-refractivity contribution in [2.24, 2.45) is 11.7 Å². The SMILES string of the molecule is COc1ccc2c(c1)CCN2C(=O)[C@@H](N)CC(C)C.Cl. The van der Waals surface area contributed by atoms with Gasteiger partial charge in [-0.1, -0.05) is 13.8 Å². The highest BCUT2D eigenvalue weighted by Gasteiger charge is 2.28. The molecule has 1 aliphatic heterocycles. The molecule has 1 aliphatic rings. The van der Waals surface area contributed by atoms with Crippen LogP contribution >= 0.6 is 12.4 Å². The lowest BCUT2D eigenvalue weighted by molar-refractivity contribution is -0.120. The van der Waals surface area contributed by atoms with Gasteiger partial charge in [0.1, 0.15) is 5.75 Å². The molecule has 1 heterocycles. The Bertz CT molecular complexity index is 477. The van der Waals surface area contributed by atoms with E-state index < -0.39 is 6.04 Å². The molecule has 0 saturated heterocycles. The first-order chi connectivity index (χ1) is 9.02. The number of nitrogens with two attached hydrogens (primary N) is 1. The Kier molecular flexibility index (Phi) is 5.84. The predicted octanol–water partition coefficient (Wildman–Crippen LogP) is 2.38. The van der Waals surface area contributed by atoms with Crippen molar-refractivity contribution >= 4 is 24.0 Å². The summed E-state index contributed by atoms with van der Waals surface area (Å²) < 4.78 is 5.21. The number of carbonyl (C=O) groups excluding carboxylic acids is 1. The predicted molar refractivity (Wildman–Crippen MR) is 83.7 cm³/mol. The van der Waals surface area contributed by atoms with Gasteiger partial charge in [0, 0.05) is 12.2 Å². The van der Waals surface area contributed by atoms with E-state index in [2.05, 4.69) is 13.8 Å². The van der Waals surface area contributed by atoms with E-state index in [1.807, 2.05) is 23.1 Å². The van der Waals surface area contributed by atoms with E-state index in [1.54, 1.807) is 7.11 Å². The van der Waals surface area contributed by atoms with E-state index in [-0.39, 0.29) is 18.3 Å². The van der Waals surface area contributed by atoms with E-state index in [0.29, 0.717) is 12.5 Å². The Morgan fingerprint density at radius 1 is 1.45 bits per heavy atom. The fraction of sp³-hybridized carbons (Fsp3) is 0.533. The van der Waals surface area contributed by atoms with Gasteiger partial charge in [-0.2, -0.15) is 0 Å². The summed E-state index contributed by atoms with van der Waals surface area (Å²) >= 11 is 0. The summed E-state index contributed by atoms with van der Waals surface area (Å²) in [5, 5.41) is 0. The van der Waals surface area contributed by atoms with Crippen LogP contribution in [-0.2, 0) is 11.2 Å². The minimum absolute atomic E-state index is 0. The lowest BCUT2D eigenvalue weighted by atomic mass is 10.0. The molecule has 1 atom stereocenters. The largest absolute Gasteiger partial charge is 0.497 e. The Morgan fingerprint density at radius 3 is 2.75 bits per heavy atom. The number of benzene rings is 1. The number of fused-ring (bicyclic) bond motifs is 1. The fourth-order valence-electron chi connectivity index (χ4n) is 2.54. The van der Waals surface area contributed by atoms with E-state index in [1.165, 1.54) is 0 Å². The van der Waals surface area contributed by atoms with Crippen LogP contribution in [0.3, 0.4) is 0 Å². The number of anilines is 1.